The molecule has 31 heavy (non-hydrogen) atoms. The van der Waals surface area contributed by atoms with E-state index in [0.717, 1.165) is 37.1 Å². The van der Waals surface area contributed by atoms with Crippen molar-refractivity contribution >= 4 is 16.7 Å². The van der Waals surface area contributed by atoms with Gasteiger partial charge in [0.25, 0.3) is 5.89 Å². The van der Waals surface area contributed by atoms with E-state index in [1.54, 1.807) is 6.07 Å². The molecule has 0 radical (unpaired) electrons. The first-order valence-electron chi connectivity index (χ1n) is 10.7. The van der Waals surface area contributed by atoms with Crippen molar-refractivity contribution in [1.29, 1.82) is 5.26 Å². The number of furan rings is 1. The van der Waals surface area contributed by atoms with Crippen LogP contribution >= 0.6 is 0 Å². The van der Waals surface area contributed by atoms with Crippen LogP contribution in [0.3, 0.4) is 0 Å². The van der Waals surface area contributed by atoms with Crippen LogP contribution in [0.25, 0.3) is 22.4 Å². The van der Waals surface area contributed by atoms with Gasteiger partial charge in [0, 0.05) is 13.1 Å². The predicted octanol–water partition coefficient (Wildman–Crippen LogP) is 5.92. The highest BCUT2D eigenvalue weighted by molar-refractivity contribution is 5.83. The van der Waals surface area contributed by atoms with Gasteiger partial charge >= 0.3 is 0 Å². The number of fused-ring (bicyclic) bond motifs is 1. The highest BCUT2D eigenvalue weighted by Crippen LogP contribution is 2.31. The Kier molecular flexibility index (Phi) is 5.32. The van der Waals surface area contributed by atoms with Gasteiger partial charge in [0.1, 0.15) is 24.2 Å². The summed E-state index contributed by atoms with van der Waals surface area (Å²) in [6, 6.07) is 20.0. The lowest BCUT2D eigenvalue weighted by molar-refractivity contribution is 0.271. The van der Waals surface area contributed by atoms with Gasteiger partial charge in [-0.3, -0.25) is 0 Å². The van der Waals surface area contributed by atoms with Crippen LogP contribution in [-0.4, -0.2) is 18.1 Å². The van der Waals surface area contributed by atoms with Crippen molar-refractivity contribution in [1.82, 2.24) is 4.98 Å². The SMILES string of the molecule is N#Cc1nc(-c2ccc(COc3ccc4ccccc4c3)o2)oc1N1CCCCCC1. The van der Waals surface area contributed by atoms with Gasteiger partial charge in [-0.2, -0.15) is 10.2 Å². The summed E-state index contributed by atoms with van der Waals surface area (Å²) in [5.41, 5.74) is 0.308. The molecule has 1 fully saturated rings. The molecular formula is C25H23N3O3. The quantitative estimate of drug-likeness (QED) is 0.404. The second-order valence-electron chi connectivity index (χ2n) is 7.75. The summed E-state index contributed by atoms with van der Waals surface area (Å²) < 4.78 is 17.8. The molecule has 1 saturated heterocycles. The van der Waals surface area contributed by atoms with Crippen LogP contribution in [0, 0.1) is 11.3 Å². The fraction of sp³-hybridized carbons (Fsp3) is 0.280. The van der Waals surface area contributed by atoms with E-state index in [1.165, 1.54) is 18.2 Å². The first-order chi connectivity index (χ1) is 15.3. The number of hydrogen-bond acceptors (Lipinski definition) is 6. The molecule has 1 aliphatic heterocycles. The lowest BCUT2D eigenvalue weighted by Gasteiger charge is -2.18. The van der Waals surface area contributed by atoms with Gasteiger partial charge < -0.3 is 18.5 Å². The van der Waals surface area contributed by atoms with Gasteiger partial charge in [0.15, 0.2) is 5.76 Å². The van der Waals surface area contributed by atoms with Gasteiger partial charge in [-0.15, -0.1) is 0 Å². The Morgan fingerprint density at radius 2 is 1.74 bits per heavy atom. The Labute approximate surface area is 180 Å². The van der Waals surface area contributed by atoms with Gasteiger partial charge in [-0.25, -0.2) is 0 Å². The lowest BCUT2D eigenvalue weighted by Crippen LogP contribution is -2.24. The van der Waals surface area contributed by atoms with Crippen molar-refractivity contribution in [2.45, 2.75) is 32.3 Å². The summed E-state index contributed by atoms with van der Waals surface area (Å²) >= 11 is 0. The molecule has 0 atom stereocenters. The molecule has 2 aromatic carbocycles. The number of nitriles is 1. The van der Waals surface area contributed by atoms with Crippen molar-refractivity contribution in [3.8, 4) is 23.5 Å². The molecule has 0 unspecified atom stereocenters. The molecule has 0 amide bonds. The summed E-state index contributed by atoms with van der Waals surface area (Å²) in [5, 5.41) is 11.8. The Morgan fingerprint density at radius 1 is 0.935 bits per heavy atom. The van der Waals surface area contributed by atoms with Crippen molar-refractivity contribution in [3.63, 3.8) is 0 Å². The van der Waals surface area contributed by atoms with Gasteiger partial charge in [-0.1, -0.05) is 43.2 Å². The maximum absolute atomic E-state index is 9.52. The minimum atomic E-state index is 0.295. The zero-order valence-electron chi connectivity index (χ0n) is 17.2. The third-order valence-electron chi connectivity index (χ3n) is 5.58. The van der Waals surface area contributed by atoms with E-state index in [9.17, 15) is 5.26 Å². The van der Waals surface area contributed by atoms with Crippen LogP contribution in [0.15, 0.2) is 63.4 Å². The second-order valence-corrected chi connectivity index (χ2v) is 7.75. The van der Waals surface area contributed by atoms with Gasteiger partial charge in [0.2, 0.25) is 11.6 Å². The second kappa shape index (κ2) is 8.57. The minimum Gasteiger partial charge on any atom is -0.486 e. The fourth-order valence-corrected chi connectivity index (χ4v) is 3.96. The van der Waals surface area contributed by atoms with E-state index in [-0.39, 0.29) is 0 Å². The maximum atomic E-state index is 9.52. The molecule has 3 heterocycles. The number of ether oxygens (including phenoxy) is 1. The number of oxazole rings is 1. The third-order valence-corrected chi connectivity index (χ3v) is 5.58. The molecule has 0 N–H and O–H groups in total. The minimum absolute atomic E-state index is 0.295. The predicted molar refractivity (Wildman–Crippen MR) is 118 cm³/mol. The molecule has 6 heteroatoms. The summed E-state index contributed by atoms with van der Waals surface area (Å²) in [7, 11) is 0. The number of hydrogen-bond donors (Lipinski definition) is 0. The first kappa shape index (κ1) is 19.3. The van der Waals surface area contributed by atoms with Crippen LogP contribution in [-0.2, 0) is 6.61 Å². The average molecular weight is 413 g/mol. The summed E-state index contributed by atoms with van der Waals surface area (Å²) in [4.78, 5) is 6.49. The van der Waals surface area contributed by atoms with E-state index >= 15 is 0 Å². The van der Waals surface area contributed by atoms with Crippen molar-refractivity contribution < 1.29 is 13.6 Å². The van der Waals surface area contributed by atoms with E-state index in [0.29, 0.717) is 35.6 Å². The smallest absolute Gasteiger partial charge is 0.266 e. The monoisotopic (exact) mass is 413 g/mol. The number of rotatable bonds is 5. The van der Waals surface area contributed by atoms with Crippen molar-refractivity contribution in [2.24, 2.45) is 0 Å². The topological polar surface area (TPSA) is 75.4 Å². The molecular weight excluding hydrogens is 390 g/mol. The zero-order chi connectivity index (χ0) is 21.0. The van der Waals surface area contributed by atoms with Crippen molar-refractivity contribution in [3.05, 3.63) is 66.1 Å². The number of anilines is 1. The van der Waals surface area contributed by atoms with Crippen LogP contribution < -0.4 is 9.64 Å². The Balaban J connectivity index is 1.31. The van der Waals surface area contributed by atoms with Crippen LogP contribution in [0.4, 0.5) is 5.88 Å². The maximum Gasteiger partial charge on any atom is 0.266 e. The standard InChI is InChI=1S/C25H23N3O3/c26-16-22-25(28-13-5-1-2-6-14-28)31-24(27-22)23-12-11-21(30-23)17-29-20-10-9-18-7-3-4-8-19(18)15-20/h3-4,7-12,15H,1-2,5-6,13-14,17H2. The molecule has 2 aromatic heterocycles. The normalized spacial score (nSPS) is 14.4. The molecule has 4 aromatic rings. The van der Waals surface area contributed by atoms with Gasteiger partial charge in [-0.05, 0) is 47.9 Å². The average Bonchev–Trinajstić information content (AvgIpc) is 3.37. The fourth-order valence-electron chi connectivity index (χ4n) is 3.96. The molecule has 0 spiro atoms. The number of nitrogens with zero attached hydrogens (tertiary/aromatic N) is 3. The summed E-state index contributed by atoms with van der Waals surface area (Å²) in [5.74, 6) is 2.81. The Bertz CT molecular complexity index is 1230. The lowest BCUT2D eigenvalue weighted by atomic mass is 10.1. The number of benzene rings is 2. The van der Waals surface area contributed by atoms with Crippen LogP contribution in [0.5, 0.6) is 5.75 Å². The summed E-state index contributed by atoms with van der Waals surface area (Å²) in [6.07, 6.45) is 4.60. The molecule has 6 nitrogen and oxygen atoms in total. The van der Waals surface area contributed by atoms with Crippen LogP contribution in [0.1, 0.15) is 37.1 Å². The Hall–Kier alpha value is -3.72. The molecule has 0 saturated carbocycles. The molecule has 1 aliphatic rings. The third kappa shape index (κ3) is 4.13. The molecule has 0 aliphatic carbocycles. The largest absolute Gasteiger partial charge is 0.486 e. The highest BCUT2D eigenvalue weighted by Gasteiger charge is 2.22. The van der Waals surface area contributed by atoms with E-state index < -0.39 is 0 Å². The van der Waals surface area contributed by atoms with Crippen LogP contribution in [0.2, 0.25) is 0 Å². The first-order valence-corrected chi connectivity index (χ1v) is 10.7. The molecule has 156 valence electrons. The molecule has 0 bridgehead atoms. The molecule has 5 rings (SSSR count). The van der Waals surface area contributed by atoms with E-state index in [4.69, 9.17) is 13.6 Å². The zero-order valence-corrected chi connectivity index (χ0v) is 17.2. The van der Waals surface area contributed by atoms with Gasteiger partial charge in [0.05, 0.1) is 0 Å². The highest BCUT2D eigenvalue weighted by atomic mass is 16.5. The Morgan fingerprint density at radius 3 is 2.55 bits per heavy atom. The van der Waals surface area contributed by atoms with E-state index in [2.05, 4.69) is 28.1 Å². The van der Waals surface area contributed by atoms with Crippen molar-refractivity contribution in [2.75, 3.05) is 18.0 Å². The summed E-state index contributed by atoms with van der Waals surface area (Å²) in [6.45, 7) is 2.06. The van der Waals surface area contributed by atoms with E-state index in [1.807, 2.05) is 36.4 Å². The number of aromatic nitrogens is 1.